The first-order valence-electron chi connectivity index (χ1n) is 7.92. The molecular formula is C16H32N2. The van der Waals surface area contributed by atoms with Gasteiger partial charge in [-0.25, -0.2) is 0 Å². The number of hydrogen-bond acceptors (Lipinski definition) is 2. The summed E-state index contributed by atoms with van der Waals surface area (Å²) in [5.41, 5.74) is 0.443. The molecule has 0 aromatic carbocycles. The zero-order valence-electron chi connectivity index (χ0n) is 12.8. The lowest BCUT2D eigenvalue weighted by molar-refractivity contribution is 0.104. The van der Waals surface area contributed by atoms with Crippen LogP contribution in [0.3, 0.4) is 0 Å². The van der Waals surface area contributed by atoms with Gasteiger partial charge in [-0.15, -0.1) is 0 Å². The van der Waals surface area contributed by atoms with Crippen molar-refractivity contribution < 1.29 is 0 Å². The zero-order chi connectivity index (χ0) is 13.2. The highest BCUT2D eigenvalue weighted by Gasteiger charge is 2.30. The van der Waals surface area contributed by atoms with Crippen LogP contribution in [-0.4, -0.2) is 37.1 Å². The lowest BCUT2D eigenvalue weighted by atomic mass is 9.81. The molecule has 0 bridgehead atoms. The van der Waals surface area contributed by atoms with Gasteiger partial charge in [0, 0.05) is 19.1 Å². The zero-order valence-corrected chi connectivity index (χ0v) is 12.8. The molecule has 18 heavy (non-hydrogen) atoms. The van der Waals surface area contributed by atoms with E-state index in [2.05, 4.69) is 37.9 Å². The van der Waals surface area contributed by atoms with Crippen molar-refractivity contribution in [3.05, 3.63) is 0 Å². The standard InChI is InChI=1S/C16H32N2/c1-13(16(2,3)4)11-18-10-6-7-14(12-18)15-8-5-9-17-15/h13-15,17H,5-12H2,1-4H3. The van der Waals surface area contributed by atoms with Crippen LogP contribution < -0.4 is 5.32 Å². The van der Waals surface area contributed by atoms with Gasteiger partial charge in [0.2, 0.25) is 0 Å². The van der Waals surface area contributed by atoms with Gasteiger partial charge in [-0.05, 0) is 56.0 Å². The first-order chi connectivity index (χ1) is 8.47. The summed E-state index contributed by atoms with van der Waals surface area (Å²) in [6.07, 6.45) is 5.64. The molecule has 106 valence electrons. The molecule has 2 rings (SSSR count). The Labute approximate surface area is 114 Å². The highest BCUT2D eigenvalue weighted by molar-refractivity contribution is 4.87. The third-order valence-electron chi connectivity index (χ3n) is 5.22. The van der Waals surface area contributed by atoms with E-state index in [0.29, 0.717) is 5.41 Å². The van der Waals surface area contributed by atoms with Gasteiger partial charge < -0.3 is 10.2 Å². The molecule has 3 atom stereocenters. The molecule has 0 radical (unpaired) electrons. The summed E-state index contributed by atoms with van der Waals surface area (Å²) in [4.78, 5) is 2.73. The van der Waals surface area contributed by atoms with E-state index in [0.717, 1.165) is 17.9 Å². The number of hydrogen-bond donors (Lipinski definition) is 1. The number of nitrogens with one attached hydrogen (secondary N) is 1. The van der Waals surface area contributed by atoms with Gasteiger partial charge >= 0.3 is 0 Å². The van der Waals surface area contributed by atoms with Gasteiger partial charge in [-0.3, -0.25) is 0 Å². The SMILES string of the molecule is CC(CN1CCCC(C2CCCN2)C1)C(C)(C)C. The van der Waals surface area contributed by atoms with Crippen molar-refractivity contribution in [2.75, 3.05) is 26.2 Å². The summed E-state index contributed by atoms with van der Waals surface area (Å²) in [6, 6.07) is 0.817. The first kappa shape index (κ1) is 14.3. The Bertz CT molecular complexity index is 250. The van der Waals surface area contributed by atoms with E-state index in [4.69, 9.17) is 0 Å². The Morgan fingerprint density at radius 3 is 2.61 bits per heavy atom. The first-order valence-corrected chi connectivity index (χ1v) is 7.92. The largest absolute Gasteiger partial charge is 0.314 e. The molecule has 0 aliphatic carbocycles. The van der Waals surface area contributed by atoms with Crippen molar-refractivity contribution in [1.82, 2.24) is 10.2 Å². The minimum Gasteiger partial charge on any atom is -0.314 e. The summed E-state index contributed by atoms with van der Waals surface area (Å²) in [6.45, 7) is 14.7. The van der Waals surface area contributed by atoms with Crippen molar-refractivity contribution in [1.29, 1.82) is 0 Å². The van der Waals surface area contributed by atoms with E-state index in [-0.39, 0.29) is 0 Å². The molecule has 2 aliphatic heterocycles. The topological polar surface area (TPSA) is 15.3 Å². The van der Waals surface area contributed by atoms with Crippen molar-refractivity contribution in [2.24, 2.45) is 17.3 Å². The van der Waals surface area contributed by atoms with E-state index in [1.54, 1.807) is 0 Å². The van der Waals surface area contributed by atoms with Gasteiger partial charge in [0.05, 0.1) is 0 Å². The Balaban J connectivity index is 1.83. The van der Waals surface area contributed by atoms with Crippen LogP contribution in [0.25, 0.3) is 0 Å². The van der Waals surface area contributed by atoms with Crippen LogP contribution in [0, 0.1) is 17.3 Å². The molecule has 2 heterocycles. The van der Waals surface area contributed by atoms with Gasteiger partial charge in [-0.1, -0.05) is 27.7 Å². The van der Waals surface area contributed by atoms with Crippen LogP contribution >= 0.6 is 0 Å². The second-order valence-corrected chi connectivity index (χ2v) is 7.63. The molecule has 3 unspecified atom stereocenters. The second kappa shape index (κ2) is 5.92. The summed E-state index contributed by atoms with van der Waals surface area (Å²) in [7, 11) is 0. The Hall–Kier alpha value is -0.0800. The van der Waals surface area contributed by atoms with Gasteiger partial charge in [0.1, 0.15) is 0 Å². The average molecular weight is 252 g/mol. The molecule has 0 amide bonds. The normalized spacial score (nSPS) is 32.7. The monoisotopic (exact) mass is 252 g/mol. The highest BCUT2D eigenvalue weighted by Crippen LogP contribution is 2.29. The predicted octanol–water partition coefficient (Wildman–Crippen LogP) is 3.13. The number of likely N-dealkylation sites (tertiary alicyclic amines) is 1. The molecule has 1 N–H and O–H groups in total. The summed E-state index contributed by atoms with van der Waals surface area (Å²) >= 11 is 0. The average Bonchev–Trinajstić information content (AvgIpc) is 2.81. The molecule has 2 fully saturated rings. The Morgan fingerprint density at radius 1 is 1.22 bits per heavy atom. The molecule has 2 aliphatic rings. The third kappa shape index (κ3) is 3.71. The summed E-state index contributed by atoms with van der Waals surface area (Å²) in [5.74, 6) is 1.70. The van der Waals surface area contributed by atoms with Crippen molar-refractivity contribution in [2.45, 2.75) is 59.4 Å². The van der Waals surface area contributed by atoms with E-state index in [1.807, 2.05) is 0 Å². The predicted molar refractivity (Wildman–Crippen MR) is 78.8 cm³/mol. The fourth-order valence-electron chi connectivity index (χ4n) is 3.36. The van der Waals surface area contributed by atoms with Crippen LogP contribution in [0.5, 0.6) is 0 Å². The minimum absolute atomic E-state index is 0.443. The van der Waals surface area contributed by atoms with Crippen LogP contribution in [-0.2, 0) is 0 Å². The van der Waals surface area contributed by atoms with Gasteiger partial charge in [0.15, 0.2) is 0 Å². The molecule has 0 saturated carbocycles. The maximum absolute atomic E-state index is 3.70. The molecule has 0 spiro atoms. The fraction of sp³-hybridized carbons (Fsp3) is 1.00. The van der Waals surface area contributed by atoms with Gasteiger partial charge in [0.25, 0.3) is 0 Å². The van der Waals surface area contributed by atoms with Crippen LogP contribution in [0.4, 0.5) is 0 Å². The lowest BCUT2D eigenvalue weighted by Gasteiger charge is -2.39. The van der Waals surface area contributed by atoms with Crippen molar-refractivity contribution in [3.63, 3.8) is 0 Å². The quantitative estimate of drug-likeness (QED) is 0.830. The summed E-state index contributed by atoms with van der Waals surface area (Å²) < 4.78 is 0. The highest BCUT2D eigenvalue weighted by atomic mass is 15.1. The molecular weight excluding hydrogens is 220 g/mol. The van der Waals surface area contributed by atoms with E-state index < -0.39 is 0 Å². The Kier molecular flexibility index (Phi) is 4.71. The van der Waals surface area contributed by atoms with Crippen molar-refractivity contribution in [3.8, 4) is 0 Å². The van der Waals surface area contributed by atoms with Crippen molar-refractivity contribution >= 4 is 0 Å². The molecule has 2 saturated heterocycles. The number of piperidine rings is 1. The molecule has 2 nitrogen and oxygen atoms in total. The maximum Gasteiger partial charge on any atom is 0.0108 e. The third-order valence-corrected chi connectivity index (χ3v) is 5.22. The Morgan fingerprint density at radius 2 is 2.00 bits per heavy atom. The lowest BCUT2D eigenvalue weighted by Crippen LogP contribution is -2.45. The van der Waals surface area contributed by atoms with Crippen LogP contribution in [0.2, 0.25) is 0 Å². The molecule has 0 aromatic rings. The number of nitrogens with zero attached hydrogens (tertiary/aromatic N) is 1. The molecule has 2 heteroatoms. The van der Waals surface area contributed by atoms with Gasteiger partial charge in [-0.2, -0.15) is 0 Å². The van der Waals surface area contributed by atoms with E-state index in [9.17, 15) is 0 Å². The summed E-state index contributed by atoms with van der Waals surface area (Å²) in [5, 5.41) is 3.70. The number of rotatable bonds is 3. The molecule has 0 aromatic heterocycles. The fourth-order valence-corrected chi connectivity index (χ4v) is 3.36. The minimum atomic E-state index is 0.443. The smallest absolute Gasteiger partial charge is 0.0108 e. The van der Waals surface area contributed by atoms with Crippen LogP contribution in [0.15, 0.2) is 0 Å². The van der Waals surface area contributed by atoms with E-state index >= 15 is 0 Å². The second-order valence-electron chi connectivity index (χ2n) is 7.63. The van der Waals surface area contributed by atoms with Crippen LogP contribution in [0.1, 0.15) is 53.4 Å². The van der Waals surface area contributed by atoms with E-state index in [1.165, 1.54) is 51.9 Å². The maximum atomic E-state index is 3.70.